The Morgan fingerprint density at radius 1 is 1.11 bits per heavy atom. The average molecular weight is 289 g/mol. The lowest BCUT2D eigenvalue weighted by Gasteiger charge is -2.31. The van der Waals surface area contributed by atoms with Crippen molar-refractivity contribution in [1.82, 2.24) is 15.0 Å². The topological polar surface area (TPSA) is 69.2 Å². The monoisotopic (exact) mass is 288 g/mol. The molecule has 0 aliphatic carbocycles. The summed E-state index contributed by atoms with van der Waals surface area (Å²) in [4.78, 5) is 12.3. The van der Waals surface area contributed by atoms with Crippen molar-refractivity contribution >= 4 is 17.5 Å². The molecule has 0 aliphatic heterocycles. The van der Waals surface area contributed by atoms with Crippen molar-refractivity contribution in [1.29, 1.82) is 0 Å². The predicted octanol–water partition coefficient (Wildman–Crippen LogP) is 2.34. The first-order valence-corrected chi connectivity index (χ1v) is 6.60. The number of ether oxygens (including phenoxy) is 2. The summed E-state index contributed by atoms with van der Waals surface area (Å²) >= 11 is 5.84. The second-order valence-electron chi connectivity index (χ2n) is 5.17. The summed E-state index contributed by atoms with van der Waals surface area (Å²) in [6, 6.07) is 0.572. The highest BCUT2D eigenvalue weighted by atomic mass is 35.5. The van der Waals surface area contributed by atoms with Crippen LogP contribution in [0.5, 0.6) is 12.0 Å². The minimum Gasteiger partial charge on any atom is -0.467 e. The Kier molecular flexibility index (Phi) is 5.60. The van der Waals surface area contributed by atoms with Gasteiger partial charge in [0.25, 0.3) is 0 Å². The summed E-state index contributed by atoms with van der Waals surface area (Å²) in [5, 5.41) is 3.26. The van der Waals surface area contributed by atoms with Gasteiger partial charge in [-0.15, -0.1) is 16.6 Å². The summed E-state index contributed by atoms with van der Waals surface area (Å²) in [6.07, 6.45) is 0.807. The fourth-order valence-corrected chi connectivity index (χ4v) is 1.79. The zero-order valence-electron chi connectivity index (χ0n) is 12.0. The maximum Gasteiger partial charge on any atom is 0.324 e. The molecule has 6 nitrogen and oxygen atoms in total. The normalized spacial score (nSPS) is 12.9. The van der Waals surface area contributed by atoms with E-state index in [0.717, 1.165) is 6.42 Å². The van der Waals surface area contributed by atoms with E-state index in [1.165, 1.54) is 14.2 Å². The minimum atomic E-state index is 0.0298. The average Bonchev–Trinajstić information content (AvgIpc) is 2.36. The molecule has 108 valence electrons. The molecule has 0 bridgehead atoms. The number of hydrogen-bond acceptors (Lipinski definition) is 6. The molecule has 19 heavy (non-hydrogen) atoms. The van der Waals surface area contributed by atoms with E-state index >= 15 is 0 Å². The molecule has 0 aromatic carbocycles. The van der Waals surface area contributed by atoms with Gasteiger partial charge in [0, 0.05) is 11.9 Å². The van der Waals surface area contributed by atoms with Crippen LogP contribution >= 0.6 is 11.6 Å². The molecule has 0 saturated carbocycles. The molecule has 1 rings (SSSR count). The van der Waals surface area contributed by atoms with E-state index in [4.69, 9.17) is 21.1 Å². The number of nitrogens with zero attached hydrogens (tertiary/aromatic N) is 3. The third-order valence-electron chi connectivity index (χ3n) is 2.71. The van der Waals surface area contributed by atoms with Gasteiger partial charge >= 0.3 is 12.0 Å². The Balaban J connectivity index is 2.95. The molecule has 0 amide bonds. The quantitative estimate of drug-likeness (QED) is 0.810. The largest absolute Gasteiger partial charge is 0.467 e. The van der Waals surface area contributed by atoms with Gasteiger partial charge in [-0.1, -0.05) is 20.8 Å². The van der Waals surface area contributed by atoms with Gasteiger partial charge < -0.3 is 14.8 Å². The first-order chi connectivity index (χ1) is 8.90. The van der Waals surface area contributed by atoms with Crippen molar-refractivity contribution in [2.24, 2.45) is 5.41 Å². The van der Waals surface area contributed by atoms with Crippen LogP contribution in [-0.2, 0) is 0 Å². The van der Waals surface area contributed by atoms with Gasteiger partial charge in [0.15, 0.2) is 0 Å². The molecule has 0 radical (unpaired) electrons. The molecule has 1 heterocycles. The van der Waals surface area contributed by atoms with E-state index in [2.05, 4.69) is 41.0 Å². The zero-order valence-corrected chi connectivity index (χ0v) is 12.8. The zero-order chi connectivity index (χ0) is 14.5. The number of rotatable bonds is 6. The Morgan fingerprint density at radius 2 is 1.63 bits per heavy atom. The Morgan fingerprint density at radius 3 is 2.00 bits per heavy atom. The Labute approximate surface area is 118 Å². The fourth-order valence-electron chi connectivity index (χ4n) is 1.57. The molecular weight excluding hydrogens is 268 g/mol. The first kappa shape index (κ1) is 15.8. The summed E-state index contributed by atoms with van der Waals surface area (Å²) in [5.74, 6) is 0.989. The summed E-state index contributed by atoms with van der Waals surface area (Å²) < 4.78 is 10.0. The highest BCUT2D eigenvalue weighted by Crippen LogP contribution is 2.25. The molecule has 7 heteroatoms. The molecule has 1 atom stereocenters. The van der Waals surface area contributed by atoms with Crippen LogP contribution in [0.1, 0.15) is 27.2 Å². The van der Waals surface area contributed by atoms with Gasteiger partial charge in [0.05, 0.1) is 14.2 Å². The van der Waals surface area contributed by atoms with Crippen LogP contribution < -0.4 is 14.8 Å². The lowest BCUT2D eigenvalue weighted by atomic mass is 9.85. The van der Waals surface area contributed by atoms with Crippen LogP contribution in [0.2, 0.25) is 0 Å². The summed E-state index contributed by atoms with van der Waals surface area (Å²) in [6.45, 7) is 6.40. The highest BCUT2D eigenvalue weighted by molar-refractivity contribution is 6.17. The highest BCUT2D eigenvalue weighted by Gasteiger charge is 2.25. The molecule has 1 aromatic heterocycles. The fraction of sp³-hybridized carbons (Fsp3) is 0.750. The van der Waals surface area contributed by atoms with Crippen molar-refractivity contribution in [2.75, 3.05) is 25.4 Å². The standard InChI is InChI=1S/C12H21ClN4O2/c1-12(2,3)8(6-7-13)14-9-15-10(18-4)17-11(16-9)19-5/h8H,6-7H2,1-5H3,(H,14,15,16,17). The first-order valence-electron chi connectivity index (χ1n) is 6.07. The van der Waals surface area contributed by atoms with Gasteiger partial charge in [-0.3, -0.25) is 0 Å². The van der Waals surface area contributed by atoms with Crippen LogP contribution in [-0.4, -0.2) is 41.1 Å². The summed E-state index contributed by atoms with van der Waals surface area (Å²) in [5.41, 5.74) is 0.0298. The number of halogens is 1. The van der Waals surface area contributed by atoms with E-state index in [0.29, 0.717) is 11.8 Å². The van der Waals surface area contributed by atoms with Gasteiger partial charge in [-0.25, -0.2) is 0 Å². The van der Waals surface area contributed by atoms with Crippen molar-refractivity contribution in [3.05, 3.63) is 0 Å². The predicted molar refractivity (Wildman–Crippen MR) is 75.1 cm³/mol. The summed E-state index contributed by atoms with van der Waals surface area (Å²) in [7, 11) is 3.00. The maximum atomic E-state index is 5.84. The van der Waals surface area contributed by atoms with Crippen LogP contribution in [0.15, 0.2) is 0 Å². The number of aromatic nitrogens is 3. The van der Waals surface area contributed by atoms with E-state index in [1.54, 1.807) is 0 Å². The molecule has 0 fully saturated rings. The van der Waals surface area contributed by atoms with Crippen LogP contribution in [0.4, 0.5) is 5.95 Å². The van der Waals surface area contributed by atoms with Crippen molar-refractivity contribution in [3.8, 4) is 12.0 Å². The Hall–Kier alpha value is -1.30. The smallest absolute Gasteiger partial charge is 0.324 e. The van der Waals surface area contributed by atoms with Crippen molar-refractivity contribution < 1.29 is 9.47 Å². The van der Waals surface area contributed by atoms with E-state index < -0.39 is 0 Å². The molecule has 0 saturated heterocycles. The second-order valence-corrected chi connectivity index (χ2v) is 5.55. The molecule has 0 aliphatic rings. The van der Waals surface area contributed by atoms with Crippen LogP contribution in [0.3, 0.4) is 0 Å². The van der Waals surface area contributed by atoms with Gasteiger partial charge in [-0.2, -0.15) is 9.97 Å². The molecule has 0 spiro atoms. The van der Waals surface area contributed by atoms with Gasteiger partial charge in [0.1, 0.15) is 0 Å². The molecule has 1 N–H and O–H groups in total. The van der Waals surface area contributed by atoms with Crippen molar-refractivity contribution in [3.63, 3.8) is 0 Å². The van der Waals surface area contributed by atoms with Gasteiger partial charge in [-0.05, 0) is 11.8 Å². The number of nitrogens with one attached hydrogen (secondary N) is 1. The van der Waals surface area contributed by atoms with Gasteiger partial charge in [0.2, 0.25) is 5.95 Å². The number of hydrogen-bond donors (Lipinski definition) is 1. The van der Waals surface area contributed by atoms with Crippen LogP contribution in [0.25, 0.3) is 0 Å². The SMILES string of the molecule is COc1nc(NC(CCCl)C(C)(C)C)nc(OC)n1. The lowest BCUT2D eigenvalue weighted by molar-refractivity contribution is 0.325. The number of anilines is 1. The number of alkyl halides is 1. The number of methoxy groups -OCH3 is 2. The van der Waals surface area contributed by atoms with E-state index in [-0.39, 0.29) is 23.5 Å². The Bertz CT molecular complexity index is 387. The minimum absolute atomic E-state index is 0.0298. The second kappa shape index (κ2) is 6.75. The third kappa shape index (κ3) is 4.70. The maximum absolute atomic E-state index is 5.84. The molecule has 1 unspecified atom stereocenters. The van der Waals surface area contributed by atoms with E-state index in [9.17, 15) is 0 Å². The van der Waals surface area contributed by atoms with Crippen molar-refractivity contribution in [2.45, 2.75) is 33.2 Å². The third-order valence-corrected chi connectivity index (χ3v) is 2.92. The molecule has 1 aromatic rings. The van der Waals surface area contributed by atoms with Crippen LogP contribution in [0, 0.1) is 5.41 Å². The van der Waals surface area contributed by atoms with E-state index in [1.807, 2.05) is 0 Å². The molecular formula is C12H21ClN4O2. The lowest BCUT2D eigenvalue weighted by Crippen LogP contribution is -2.35.